The zero-order valence-corrected chi connectivity index (χ0v) is 21.3. The highest BCUT2D eigenvalue weighted by Crippen LogP contribution is 2.31. The van der Waals surface area contributed by atoms with Crippen LogP contribution in [0.2, 0.25) is 10.0 Å². The van der Waals surface area contributed by atoms with Crippen LogP contribution in [-0.2, 0) is 13.1 Å². The van der Waals surface area contributed by atoms with Crippen molar-refractivity contribution in [2.75, 3.05) is 33.4 Å². The molecule has 0 bridgehead atoms. The Kier molecular flexibility index (Phi) is 8.78. The van der Waals surface area contributed by atoms with Gasteiger partial charge in [-0.2, -0.15) is 5.10 Å². The Bertz CT molecular complexity index is 1100. The summed E-state index contributed by atoms with van der Waals surface area (Å²) in [6.07, 6.45) is 5.84. The van der Waals surface area contributed by atoms with Crippen molar-refractivity contribution in [3.8, 4) is 17.2 Å². The van der Waals surface area contributed by atoms with Gasteiger partial charge in [0.1, 0.15) is 19.0 Å². The molecule has 0 saturated carbocycles. The topological polar surface area (TPSA) is 69.0 Å². The van der Waals surface area contributed by atoms with Gasteiger partial charge in [-0.1, -0.05) is 29.3 Å². The first kappa shape index (κ1) is 25.6. The van der Waals surface area contributed by atoms with E-state index in [0.717, 1.165) is 37.4 Å². The van der Waals surface area contributed by atoms with Gasteiger partial charge in [-0.15, -0.1) is 0 Å². The fourth-order valence-corrected chi connectivity index (χ4v) is 4.48. The fourth-order valence-electron chi connectivity index (χ4n) is 4.19. The zero-order chi connectivity index (χ0) is 24.7. The minimum Gasteiger partial charge on any atom is -0.493 e. The summed E-state index contributed by atoms with van der Waals surface area (Å²) in [5.74, 6) is 2.03. The number of rotatable bonds is 10. The Balaban J connectivity index is 1.31. The third kappa shape index (κ3) is 7.27. The summed E-state index contributed by atoms with van der Waals surface area (Å²) < 4.78 is 19.2. The van der Waals surface area contributed by atoms with Crippen molar-refractivity contribution in [1.82, 2.24) is 14.7 Å². The van der Waals surface area contributed by atoms with Crippen LogP contribution < -0.4 is 14.2 Å². The summed E-state index contributed by atoms with van der Waals surface area (Å²) in [6, 6.07) is 13.1. The Hall–Kier alpha value is -2.45. The maximum atomic E-state index is 11.2. The summed E-state index contributed by atoms with van der Waals surface area (Å²) in [7, 11) is 1.64. The van der Waals surface area contributed by atoms with E-state index < -0.39 is 5.60 Å². The number of ether oxygens (including phenoxy) is 3. The molecule has 0 radical (unpaired) electrons. The molecule has 2 heterocycles. The number of benzene rings is 2. The van der Waals surface area contributed by atoms with Crippen LogP contribution in [0.15, 0.2) is 54.9 Å². The van der Waals surface area contributed by atoms with Gasteiger partial charge in [0.05, 0.1) is 29.3 Å². The van der Waals surface area contributed by atoms with Crippen molar-refractivity contribution in [3.63, 3.8) is 0 Å². The molecular formula is C26H31Cl2N3O4. The van der Waals surface area contributed by atoms with E-state index in [0.29, 0.717) is 47.5 Å². The molecule has 3 aromatic rings. The molecular weight excluding hydrogens is 489 g/mol. The molecule has 1 atom stereocenters. The second kappa shape index (κ2) is 12.0. The van der Waals surface area contributed by atoms with Crippen molar-refractivity contribution in [1.29, 1.82) is 0 Å². The Morgan fingerprint density at radius 1 is 1.03 bits per heavy atom. The first-order valence-corrected chi connectivity index (χ1v) is 12.5. The summed E-state index contributed by atoms with van der Waals surface area (Å²) in [5.41, 5.74) is 0.249. The van der Waals surface area contributed by atoms with Crippen LogP contribution in [-0.4, -0.2) is 58.8 Å². The zero-order valence-electron chi connectivity index (χ0n) is 19.8. The molecule has 1 aliphatic rings. The lowest BCUT2D eigenvalue weighted by Gasteiger charge is -2.27. The molecule has 0 unspecified atom stereocenters. The first-order valence-electron chi connectivity index (χ1n) is 11.7. The van der Waals surface area contributed by atoms with Crippen molar-refractivity contribution in [3.05, 3.63) is 70.5 Å². The van der Waals surface area contributed by atoms with Crippen LogP contribution in [0.1, 0.15) is 24.8 Å². The van der Waals surface area contributed by atoms with Crippen LogP contribution in [0.5, 0.6) is 17.2 Å². The minimum absolute atomic E-state index is 0.218. The van der Waals surface area contributed by atoms with Gasteiger partial charge in [0.2, 0.25) is 0 Å². The summed E-state index contributed by atoms with van der Waals surface area (Å²) in [4.78, 5) is 2.35. The second-order valence-corrected chi connectivity index (χ2v) is 9.64. The van der Waals surface area contributed by atoms with E-state index in [1.807, 2.05) is 29.1 Å². The molecule has 0 aliphatic carbocycles. The molecule has 35 heavy (non-hydrogen) atoms. The fraction of sp³-hybridized carbons (Fsp3) is 0.423. The van der Waals surface area contributed by atoms with E-state index in [2.05, 4.69) is 16.1 Å². The first-order chi connectivity index (χ1) is 16.9. The van der Waals surface area contributed by atoms with E-state index in [1.165, 1.54) is 0 Å². The minimum atomic E-state index is -0.887. The monoisotopic (exact) mass is 519 g/mol. The number of nitrogens with zero attached hydrogens (tertiary/aromatic N) is 3. The smallest absolute Gasteiger partial charge is 0.161 e. The van der Waals surface area contributed by atoms with Gasteiger partial charge in [0.15, 0.2) is 11.5 Å². The summed E-state index contributed by atoms with van der Waals surface area (Å²) >= 11 is 12.0. The van der Waals surface area contributed by atoms with Gasteiger partial charge >= 0.3 is 0 Å². The molecule has 1 N–H and O–H groups in total. The predicted octanol–water partition coefficient (Wildman–Crippen LogP) is 5.07. The summed E-state index contributed by atoms with van der Waals surface area (Å²) in [5, 5.41) is 16.3. The largest absolute Gasteiger partial charge is 0.493 e. The molecule has 0 spiro atoms. The standard InChI is InChI=1S/C26H31Cl2N3O4/c1-33-24-7-4-20(16-25(24)34-15-14-31-12-3-10-29-31)18-30-11-2-8-26(32,9-13-30)19-35-21-5-6-22(27)23(28)17-21/h3-7,10,12,16-17,32H,2,8-9,11,13-15,18-19H2,1H3/t26-/m0/s1. The predicted molar refractivity (Wildman–Crippen MR) is 137 cm³/mol. The van der Waals surface area contributed by atoms with Crippen molar-refractivity contribution in [2.24, 2.45) is 0 Å². The van der Waals surface area contributed by atoms with Crippen LogP contribution in [0.3, 0.4) is 0 Å². The van der Waals surface area contributed by atoms with E-state index in [1.54, 1.807) is 31.5 Å². The number of aromatic nitrogens is 2. The van der Waals surface area contributed by atoms with Crippen LogP contribution in [0.25, 0.3) is 0 Å². The van der Waals surface area contributed by atoms with Crippen LogP contribution >= 0.6 is 23.2 Å². The number of aliphatic hydroxyl groups is 1. The Labute approximate surface area is 216 Å². The van der Waals surface area contributed by atoms with Crippen molar-refractivity contribution >= 4 is 23.2 Å². The number of hydrogen-bond acceptors (Lipinski definition) is 6. The van der Waals surface area contributed by atoms with Gasteiger partial charge in [-0.05, 0) is 61.7 Å². The summed E-state index contributed by atoms with van der Waals surface area (Å²) in [6.45, 7) is 3.81. The van der Waals surface area contributed by atoms with Crippen LogP contribution in [0, 0.1) is 0 Å². The molecule has 0 amide bonds. The Morgan fingerprint density at radius 3 is 2.69 bits per heavy atom. The van der Waals surface area contributed by atoms with E-state index in [9.17, 15) is 5.11 Å². The van der Waals surface area contributed by atoms with E-state index >= 15 is 0 Å². The number of methoxy groups -OCH3 is 1. The lowest BCUT2D eigenvalue weighted by atomic mass is 9.96. The molecule has 9 heteroatoms. The maximum absolute atomic E-state index is 11.2. The molecule has 2 aromatic carbocycles. The number of likely N-dealkylation sites (tertiary alicyclic amines) is 1. The number of hydrogen-bond donors (Lipinski definition) is 1. The molecule has 1 saturated heterocycles. The van der Waals surface area contributed by atoms with Gasteiger partial charge in [-0.25, -0.2) is 0 Å². The quantitative estimate of drug-likeness (QED) is 0.403. The highest BCUT2D eigenvalue weighted by Gasteiger charge is 2.31. The van der Waals surface area contributed by atoms with E-state index in [4.69, 9.17) is 37.4 Å². The lowest BCUT2D eigenvalue weighted by molar-refractivity contribution is -0.0168. The van der Waals surface area contributed by atoms with E-state index in [-0.39, 0.29) is 6.61 Å². The molecule has 1 aliphatic heterocycles. The molecule has 1 aromatic heterocycles. The highest BCUT2D eigenvalue weighted by atomic mass is 35.5. The van der Waals surface area contributed by atoms with Gasteiger partial charge in [0, 0.05) is 31.5 Å². The Morgan fingerprint density at radius 2 is 1.91 bits per heavy atom. The molecule has 7 nitrogen and oxygen atoms in total. The van der Waals surface area contributed by atoms with Crippen LogP contribution in [0.4, 0.5) is 0 Å². The van der Waals surface area contributed by atoms with Crippen molar-refractivity contribution in [2.45, 2.75) is 38.0 Å². The molecule has 188 valence electrons. The van der Waals surface area contributed by atoms with Gasteiger partial charge in [-0.3, -0.25) is 9.58 Å². The third-order valence-corrected chi connectivity index (χ3v) is 6.92. The third-order valence-electron chi connectivity index (χ3n) is 6.18. The SMILES string of the molecule is COc1ccc(CN2CCC[C@@](O)(COc3ccc(Cl)c(Cl)c3)CC2)cc1OCCn1cccn1. The van der Waals surface area contributed by atoms with Gasteiger partial charge in [0.25, 0.3) is 0 Å². The average Bonchev–Trinajstić information content (AvgIpc) is 3.30. The lowest BCUT2D eigenvalue weighted by Crippen LogP contribution is -2.37. The van der Waals surface area contributed by atoms with Gasteiger partial charge < -0.3 is 19.3 Å². The normalized spacial score (nSPS) is 18.7. The van der Waals surface area contributed by atoms with Crippen molar-refractivity contribution < 1.29 is 19.3 Å². The number of halogens is 2. The molecule has 4 rings (SSSR count). The maximum Gasteiger partial charge on any atom is 0.161 e. The highest BCUT2D eigenvalue weighted by molar-refractivity contribution is 6.42. The second-order valence-electron chi connectivity index (χ2n) is 8.82. The molecule has 1 fully saturated rings. The average molecular weight is 520 g/mol.